The van der Waals surface area contributed by atoms with Crippen LogP contribution in [-0.2, 0) is 9.53 Å². The van der Waals surface area contributed by atoms with E-state index in [0.717, 1.165) is 6.08 Å². The Kier molecular flexibility index (Phi) is 9.04. The topological polar surface area (TPSA) is 134 Å². The molecule has 4 N–H and O–H groups in total. The van der Waals surface area contributed by atoms with Gasteiger partial charge in [-0.15, -0.1) is 0 Å². The Hall–Kier alpha value is -3.69. The minimum atomic E-state index is -0.981. The number of aliphatic hydroxyl groups is 1. The molecule has 2 aromatic rings. The molecule has 0 aliphatic carbocycles. The summed E-state index contributed by atoms with van der Waals surface area (Å²) in [5, 5.41) is 19.7. The number of benzene rings is 2. The maximum absolute atomic E-state index is 12.3. The molecule has 0 spiro atoms. The van der Waals surface area contributed by atoms with Crippen LogP contribution in [0.3, 0.4) is 0 Å². The Morgan fingerprint density at radius 2 is 1.73 bits per heavy atom. The summed E-state index contributed by atoms with van der Waals surface area (Å²) in [6.45, 7) is -0.173. The highest BCUT2D eigenvalue weighted by Crippen LogP contribution is 2.30. The normalized spacial score (nSPS) is 11.5. The van der Waals surface area contributed by atoms with E-state index >= 15 is 0 Å². The molecule has 9 nitrogen and oxygen atoms in total. The SMILES string of the molecule is O=C(/C=C/C[C@@H](OC(=O)NC(=O)c1ccccc1)c1ccccc1OCCO)NO. The number of carbonyl (C=O) groups is 3. The van der Waals surface area contributed by atoms with E-state index in [4.69, 9.17) is 19.8 Å². The number of ether oxygens (including phenoxy) is 2. The van der Waals surface area contributed by atoms with Gasteiger partial charge in [0.25, 0.3) is 11.8 Å². The van der Waals surface area contributed by atoms with Gasteiger partial charge in [0.1, 0.15) is 18.5 Å². The third-order valence-electron chi connectivity index (χ3n) is 3.85. The zero-order valence-corrected chi connectivity index (χ0v) is 16.0. The summed E-state index contributed by atoms with van der Waals surface area (Å²) in [6.07, 6.45) is 0.628. The molecule has 2 rings (SSSR count). The van der Waals surface area contributed by atoms with E-state index in [1.54, 1.807) is 54.6 Å². The number of amides is 3. The third-order valence-corrected chi connectivity index (χ3v) is 3.85. The van der Waals surface area contributed by atoms with E-state index in [9.17, 15) is 14.4 Å². The van der Waals surface area contributed by atoms with Crippen LogP contribution in [-0.4, -0.2) is 41.4 Å². The molecule has 1 atom stereocenters. The van der Waals surface area contributed by atoms with Crippen LogP contribution >= 0.6 is 0 Å². The van der Waals surface area contributed by atoms with Gasteiger partial charge in [0, 0.05) is 23.6 Å². The number of carbonyl (C=O) groups excluding carboxylic acids is 3. The van der Waals surface area contributed by atoms with Gasteiger partial charge in [0.05, 0.1) is 6.61 Å². The van der Waals surface area contributed by atoms with E-state index in [1.165, 1.54) is 11.6 Å². The first-order valence-electron chi connectivity index (χ1n) is 9.05. The van der Waals surface area contributed by atoms with Crippen LogP contribution in [0.1, 0.15) is 28.4 Å². The molecule has 0 radical (unpaired) electrons. The number of rotatable bonds is 9. The van der Waals surface area contributed by atoms with Crippen molar-refractivity contribution in [2.75, 3.05) is 13.2 Å². The van der Waals surface area contributed by atoms with Gasteiger partial charge in [-0.3, -0.25) is 20.1 Å². The maximum atomic E-state index is 12.3. The minimum absolute atomic E-state index is 0.0329. The predicted octanol–water partition coefficient (Wildman–Crippen LogP) is 2.12. The fraction of sp³-hybridized carbons (Fsp3) is 0.190. The van der Waals surface area contributed by atoms with E-state index in [0.29, 0.717) is 11.3 Å². The largest absolute Gasteiger partial charge is 0.491 e. The van der Waals surface area contributed by atoms with Gasteiger partial charge in [-0.1, -0.05) is 42.5 Å². The molecule has 0 aliphatic rings. The molecule has 0 saturated heterocycles. The molecule has 0 unspecified atom stereocenters. The first kappa shape index (κ1) is 22.6. The van der Waals surface area contributed by atoms with Crippen LogP contribution in [0.25, 0.3) is 0 Å². The monoisotopic (exact) mass is 414 g/mol. The second kappa shape index (κ2) is 12.0. The van der Waals surface area contributed by atoms with E-state index in [1.807, 2.05) is 0 Å². The molecule has 9 heteroatoms. The summed E-state index contributed by atoms with van der Waals surface area (Å²) < 4.78 is 10.9. The molecule has 0 aromatic heterocycles. The van der Waals surface area contributed by atoms with E-state index in [-0.39, 0.29) is 25.2 Å². The Morgan fingerprint density at radius 1 is 1.03 bits per heavy atom. The Balaban J connectivity index is 2.17. The van der Waals surface area contributed by atoms with Crippen LogP contribution in [0.4, 0.5) is 4.79 Å². The highest BCUT2D eigenvalue weighted by Gasteiger charge is 2.21. The second-order valence-corrected chi connectivity index (χ2v) is 5.94. The summed E-state index contributed by atoms with van der Waals surface area (Å²) in [5.41, 5.74) is 2.22. The first-order chi connectivity index (χ1) is 14.5. The summed E-state index contributed by atoms with van der Waals surface area (Å²) in [6, 6.07) is 14.9. The first-order valence-corrected chi connectivity index (χ1v) is 9.05. The number of para-hydroxylation sites is 1. The maximum Gasteiger partial charge on any atom is 0.414 e. The Bertz CT molecular complexity index is 884. The second-order valence-electron chi connectivity index (χ2n) is 5.94. The van der Waals surface area contributed by atoms with E-state index < -0.39 is 24.0 Å². The average Bonchev–Trinajstić information content (AvgIpc) is 2.77. The predicted molar refractivity (Wildman–Crippen MR) is 106 cm³/mol. The van der Waals surface area contributed by atoms with Crippen LogP contribution in [0.5, 0.6) is 5.75 Å². The highest BCUT2D eigenvalue weighted by atomic mass is 16.6. The molecule has 0 bridgehead atoms. The van der Waals surface area contributed by atoms with Crippen LogP contribution in [0.2, 0.25) is 0 Å². The fourth-order valence-corrected chi connectivity index (χ4v) is 2.52. The third kappa shape index (κ3) is 7.04. The van der Waals surface area contributed by atoms with Crippen molar-refractivity contribution < 1.29 is 34.2 Å². The van der Waals surface area contributed by atoms with Crippen molar-refractivity contribution in [3.63, 3.8) is 0 Å². The molecular formula is C21H22N2O7. The minimum Gasteiger partial charge on any atom is -0.491 e. The highest BCUT2D eigenvalue weighted by molar-refractivity contribution is 6.02. The fourth-order valence-electron chi connectivity index (χ4n) is 2.52. The molecule has 0 heterocycles. The van der Waals surface area contributed by atoms with Crippen molar-refractivity contribution in [2.24, 2.45) is 0 Å². The standard InChI is InChI=1S/C21H22N2O7/c24-13-14-29-17-10-5-4-9-16(17)18(11-6-12-19(25)23-28)30-21(27)22-20(26)15-7-2-1-3-8-15/h1-10,12,18,24,28H,11,13-14H2,(H,23,25)(H,22,26,27)/b12-6+/t18-/m1/s1. The number of aliphatic hydroxyl groups excluding tert-OH is 1. The van der Waals surface area contributed by atoms with Crippen LogP contribution < -0.4 is 15.5 Å². The van der Waals surface area contributed by atoms with Gasteiger partial charge in [-0.05, 0) is 18.2 Å². The van der Waals surface area contributed by atoms with Crippen molar-refractivity contribution in [2.45, 2.75) is 12.5 Å². The average molecular weight is 414 g/mol. The Labute approximate surface area is 172 Å². The molecule has 3 amide bonds. The van der Waals surface area contributed by atoms with Crippen molar-refractivity contribution in [3.05, 3.63) is 77.9 Å². The van der Waals surface area contributed by atoms with Gasteiger partial charge in [0.15, 0.2) is 0 Å². The van der Waals surface area contributed by atoms with Gasteiger partial charge in [-0.2, -0.15) is 0 Å². The summed E-state index contributed by atoms with van der Waals surface area (Å²) in [4.78, 5) is 35.7. The van der Waals surface area contributed by atoms with Crippen molar-refractivity contribution in [1.82, 2.24) is 10.8 Å². The molecule has 2 aromatic carbocycles. The Morgan fingerprint density at radius 3 is 2.43 bits per heavy atom. The molecule has 0 fully saturated rings. The quantitative estimate of drug-likeness (QED) is 0.280. The van der Waals surface area contributed by atoms with Crippen molar-refractivity contribution in [1.29, 1.82) is 0 Å². The van der Waals surface area contributed by atoms with Gasteiger partial charge in [0.2, 0.25) is 0 Å². The van der Waals surface area contributed by atoms with E-state index in [2.05, 4.69) is 5.32 Å². The molecule has 0 aliphatic heterocycles. The lowest BCUT2D eigenvalue weighted by atomic mass is 10.0. The molecule has 0 saturated carbocycles. The number of alkyl carbamates (subject to hydrolysis) is 1. The van der Waals surface area contributed by atoms with Crippen LogP contribution in [0, 0.1) is 0 Å². The van der Waals surface area contributed by atoms with Gasteiger partial charge >= 0.3 is 6.09 Å². The molecule has 30 heavy (non-hydrogen) atoms. The summed E-state index contributed by atoms with van der Waals surface area (Å²) in [5.74, 6) is -1.000. The van der Waals surface area contributed by atoms with Crippen molar-refractivity contribution >= 4 is 17.9 Å². The zero-order chi connectivity index (χ0) is 21.8. The van der Waals surface area contributed by atoms with Crippen molar-refractivity contribution in [3.8, 4) is 5.75 Å². The molecule has 158 valence electrons. The summed E-state index contributed by atoms with van der Waals surface area (Å²) in [7, 11) is 0. The zero-order valence-electron chi connectivity index (χ0n) is 16.0. The number of hydrogen-bond donors (Lipinski definition) is 4. The van der Waals surface area contributed by atoms with Gasteiger partial charge in [-0.25, -0.2) is 10.3 Å². The number of hydroxylamine groups is 1. The smallest absolute Gasteiger partial charge is 0.414 e. The lowest BCUT2D eigenvalue weighted by molar-refractivity contribution is -0.124. The lowest BCUT2D eigenvalue weighted by Crippen LogP contribution is -2.32. The number of hydrogen-bond acceptors (Lipinski definition) is 7. The number of imide groups is 1. The van der Waals surface area contributed by atoms with Crippen LogP contribution in [0.15, 0.2) is 66.7 Å². The summed E-state index contributed by atoms with van der Waals surface area (Å²) >= 11 is 0. The van der Waals surface area contributed by atoms with Gasteiger partial charge < -0.3 is 14.6 Å². The molecular weight excluding hydrogens is 392 g/mol. The number of nitrogens with one attached hydrogen (secondary N) is 2. The lowest BCUT2D eigenvalue weighted by Gasteiger charge is -2.20.